The van der Waals surface area contributed by atoms with E-state index in [9.17, 15) is 0 Å². The Labute approximate surface area is 60.3 Å². The van der Waals surface area contributed by atoms with Crippen LogP contribution in [0.25, 0.3) is 0 Å². The third kappa shape index (κ3) is 0.944. The fourth-order valence-corrected chi connectivity index (χ4v) is 1.47. The summed E-state index contributed by atoms with van der Waals surface area (Å²) in [6.45, 7) is 2.02. The minimum absolute atomic E-state index is 0.0428. The van der Waals surface area contributed by atoms with Crippen molar-refractivity contribution in [3.63, 3.8) is 0 Å². The molecule has 3 heteroatoms. The van der Waals surface area contributed by atoms with Gasteiger partial charge >= 0.3 is 0 Å². The van der Waals surface area contributed by atoms with Crippen LogP contribution in [0.3, 0.4) is 0 Å². The predicted molar refractivity (Wildman–Crippen MR) is 34.6 cm³/mol. The second-order valence-corrected chi connectivity index (χ2v) is 2.88. The summed E-state index contributed by atoms with van der Waals surface area (Å²) >= 11 is 0. The summed E-state index contributed by atoms with van der Waals surface area (Å²) in [6.07, 6.45) is 1.83. The topological polar surface area (TPSA) is 31.0 Å². The van der Waals surface area contributed by atoms with Gasteiger partial charge in [0.15, 0.2) is 6.29 Å². The summed E-state index contributed by atoms with van der Waals surface area (Å²) in [5, 5.41) is 0. The van der Waals surface area contributed by atoms with E-state index in [1.54, 1.807) is 7.11 Å². The first-order valence-electron chi connectivity index (χ1n) is 3.65. The summed E-state index contributed by atoms with van der Waals surface area (Å²) in [7, 11) is 1.67. The molecule has 0 saturated carbocycles. The Morgan fingerprint density at radius 1 is 1.40 bits per heavy atom. The van der Waals surface area contributed by atoms with Crippen LogP contribution in [-0.2, 0) is 14.2 Å². The first kappa shape index (κ1) is 6.58. The molecule has 0 bridgehead atoms. The van der Waals surface area contributed by atoms with Crippen LogP contribution in [0, 0.1) is 0 Å². The van der Waals surface area contributed by atoms with E-state index in [2.05, 4.69) is 0 Å². The molecule has 4 atom stereocenters. The van der Waals surface area contributed by atoms with Crippen molar-refractivity contribution in [2.75, 3.05) is 7.11 Å². The quantitative estimate of drug-likeness (QED) is 0.503. The molecule has 2 rings (SSSR count). The van der Waals surface area contributed by atoms with E-state index < -0.39 is 0 Å². The first-order chi connectivity index (χ1) is 4.81. The number of ether oxygens (including phenoxy) is 3. The summed E-state index contributed by atoms with van der Waals surface area (Å²) in [5.41, 5.74) is 0. The van der Waals surface area contributed by atoms with Crippen LogP contribution in [0.5, 0.6) is 0 Å². The van der Waals surface area contributed by atoms with Crippen molar-refractivity contribution in [2.45, 2.75) is 37.9 Å². The highest BCUT2D eigenvalue weighted by Crippen LogP contribution is 2.36. The molecule has 2 aliphatic heterocycles. The highest BCUT2D eigenvalue weighted by atomic mass is 16.7. The monoisotopic (exact) mass is 144 g/mol. The van der Waals surface area contributed by atoms with Crippen molar-refractivity contribution in [1.29, 1.82) is 0 Å². The van der Waals surface area contributed by atoms with Gasteiger partial charge < -0.3 is 14.2 Å². The van der Waals surface area contributed by atoms with Gasteiger partial charge in [0.25, 0.3) is 0 Å². The zero-order valence-corrected chi connectivity index (χ0v) is 6.24. The van der Waals surface area contributed by atoms with Gasteiger partial charge in [0, 0.05) is 13.5 Å². The zero-order valence-electron chi connectivity index (χ0n) is 6.24. The van der Waals surface area contributed by atoms with Gasteiger partial charge in [-0.05, 0) is 6.92 Å². The molecule has 0 radical (unpaired) electrons. The van der Waals surface area contributed by atoms with Gasteiger partial charge in [-0.3, -0.25) is 0 Å². The minimum atomic E-state index is -0.0428. The molecule has 58 valence electrons. The smallest absolute Gasteiger partial charge is 0.160 e. The standard InChI is InChI=1S/C7H12O3/c1-4-7-5(10-7)3-6(8-2)9-4/h4-7H,3H2,1-2H3/t4-,5-,6-,7+/m1/s1. The maximum atomic E-state index is 5.44. The van der Waals surface area contributed by atoms with E-state index >= 15 is 0 Å². The average Bonchev–Trinajstić information content (AvgIpc) is 2.66. The normalized spacial score (nSPS) is 52.2. The third-order valence-corrected chi connectivity index (χ3v) is 2.14. The van der Waals surface area contributed by atoms with Crippen molar-refractivity contribution >= 4 is 0 Å². The van der Waals surface area contributed by atoms with Crippen LogP contribution in [0.1, 0.15) is 13.3 Å². The summed E-state index contributed by atoms with van der Waals surface area (Å²) in [6, 6.07) is 0. The Morgan fingerprint density at radius 3 is 2.80 bits per heavy atom. The zero-order chi connectivity index (χ0) is 7.14. The SMILES string of the molecule is CO[C@H]1C[C@H]2O[C@H]2[C@@H](C)O1. The molecule has 2 fully saturated rings. The Bertz CT molecular complexity index is 137. The van der Waals surface area contributed by atoms with Crippen molar-refractivity contribution in [1.82, 2.24) is 0 Å². The highest BCUT2D eigenvalue weighted by Gasteiger charge is 2.49. The van der Waals surface area contributed by atoms with E-state index in [0.29, 0.717) is 12.2 Å². The number of epoxide rings is 1. The maximum Gasteiger partial charge on any atom is 0.160 e. The lowest BCUT2D eigenvalue weighted by atomic mass is 10.1. The lowest BCUT2D eigenvalue weighted by Gasteiger charge is -2.22. The second kappa shape index (κ2) is 2.19. The molecule has 3 nitrogen and oxygen atoms in total. The van der Waals surface area contributed by atoms with Crippen LogP contribution in [0.4, 0.5) is 0 Å². The maximum absolute atomic E-state index is 5.44. The fourth-order valence-electron chi connectivity index (χ4n) is 1.47. The Morgan fingerprint density at radius 2 is 2.20 bits per heavy atom. The molecule has 0 aromatic rings. The predicted octanol–water partition coefficient (Wildman–Crippen LogP) is 0.535. The molecule has 0 spiro atoms. The van der Waals surface area contributed by atoms with Crippen molar-refractivity contribution < 1.29 is 14.2 Å². The molecular formula is C7H12O3. The third-order valence-electron chi connectivity index (χ3n) is 2.14. The first-order valence-corrected chi connectivity index (χ1v) is 3.65. The van der Waals surface area contributed by atoms with E-state index in [0.717, 1.165) is 6.42 Å². The van der Waals surface area contributed by atoms with Crippen LogP contribution in [0.2, 0.25) is 0 Å². The number of fused-ring (bicyclic) bond motifs is 1. The van der Waals surface area contributed by atoms with E-state index in [-0.39, 0.29) is 12.4 Å². The fraction of sp³-hybridized carbons (Fsp3) is 1.00. The highest BCUT2D eigenvalue weighted by molar-refractivity contribution is 4.93. The van der Waals surface area contributed by atoms with Crippen molar-refractivity contribution in [3.8, 4) is 0 Å². The van der Waals surface area contributed by atoms with Crippen LogP contribution in [-0.4, -0.2) is 31.7 Å². The average molecular weight is 144 g/mol. The lowest BCUT2D eigenvalue weighted by molar-refractivity contribution is -0.165. The Kier molecular flexibility index (Phi) is 1.44. The second-order valence-electron chi connectivity index (χ2n) is 2.88. The van der Waals surface area contributed by atoms with Gasteiger partial charge in [0.05, 0.1) is 12.2 Å². The molecule has 0 aliphatic carbocycles. The van der Waals surface area contributed by atoms with E-state index in [1.807, 2.05) is 6.92 Å². The molecule has 0 unspecified atom stereocenters. The summed E-state index contributed by atoms with van der Waals surface area (Å²) in [5.74, 6) is 0. The molecule has 0 N–H and O–H groups in total. The molecule has 10 heavy (non-hydrogen) atoms. The number of hydrogen-bond acceptors (Lipinski definition) is 3. The molecule has 2 saturated heterocycles. The van der Waals surface area contributed by atoms with E-state index in [1.165, 1.54) is 0 Å². The molecule has 2 aliphatic rings. The number of methoxy groups -OCH3 is 1. The van der Waals surface area contributed by atoms with Gasteiger partial charge in [-0.1, -0.05) is 0 Å². The van der Waals surface area contributed by atoms with Crippen LogP contribution < -0.4 is 0 Å². The van der Waals surface area contributed by atoms with Crippen molar-refractivity contribution in [2.24, 2.45) is 0 Å². The van der Waals surface area contributed by atoms with Gasteiger partial charge in [-0.2, -0.15) is 0 Å². The molecule has 2 heterocycles. The summed E-state index contributed by atoms with van der Waals surface area (Å²) in [4.78, 5) is 0. The van der Waals surface area contributed by atoms with Gasteiger partial charge in [0.2, 0.25) is 0 Å². The molecular weight excluding hydrogens is 132 g/mol. The number of hydrogen-bond donors (Lipinski definition) is 0. The van der Waals surface area contributed by atoms with Crippen LogP contribution >= 0.6 is 0 Å². The van der Waals surface area contributed by atoms with Gasteiger partial charge in [0.1, 0.15) is 6.10 Å². The molecule has 0 aromatic carbocycles. The van der Waals surface area contributed by atoms with E-state index in [4.69, 9.17) is 14.2 Å². The largest absolute Gasteiger partial charge is 0.367 e. The van der Waals surface area contributed by atoms with Gasteiger partial charge in [-0.15, -0.1) is 0 Å². The molecule has 0 amide bonds. The minimum Gasteiger partial charge on any atom is -0.367 e. The summed E-state index contributed by atoms with van der Waals surface area (Å²) < 4.78 is 15.8. The Balaban J connectivity index is 1.93. The van der Waals surface area contributed by atoms with Crippen LogP contribution in [0.15, 0.2) is 0 Å². The van der Waals surface area contributed by atoms with Crippen molar-refractivity contribution in [3.05, 3.63) is 0 Å². The lowest BCUT2D eigenvalue weighted by Crippen LogP contribution is -2.32. The Hall–Kier alpha value is -0.120. The number of rotatable bonds is 1. The van der Waals surface area contributed by atoms with Gasteiger partial charge in [-0.25, -0.2) is 0 Å². The molecule has 0 aromatic heterocycles.